The molecule has 2 atom stereocenters. The lowest BCUT2D eigenvalue weighted by Crippen LogP contribution is -2.24. The zero-order chi connectivity index (χ0) is 17.5. The van der Waals surface area contributed by atoms with Gasteiger partial charge in [0.1, 0.15) is 16.5 Å². The molecule has 1 heterocycles. The average molecular weight is 359 g/mol. The molecule has 0 amide bonds. The van der Waals surface area contributed by atoms with Crippen LogP contribution in [-0.2, 0) is 6.18 Å². The Balaban J connectivity index is 1.74. The van der Waals surface area contributed by atoms with Gasteiger partial charge in [0.25, 0.3) is 0 Å². The highest BCUT2D eigenvalue weighted by molar-refractivity contribution is 6.30. The molecular weight excluding hydrogens is 344 g/mol. The lowest BCUT2D eigenvalue weighted by Gasteiger charge is -2.24. The topological polar surface area (TPSA) is 16.1 Å². The van der Waals surface area contributed by atoms with Crippen LogP contribution >= 0.6 is 11.6 Å². The SMILES string of the molecule is CN(CC1CC1c1ccc(F)cc1)c1ccnc(Cl)c1C(F)(F)F. The minimum atomic E-state index is -4.56. The fourth-order valence-corrected chi connectivity index (χ4v) is 3.29. The summed E-state index contributed by atoms with van der Waals surface area (Å²) in [6, 6.07) is 7.58. The second kappa shape index (κ2) is 6.24. The van der Waals surface area contributed by atoms with Gasteiger partial charge < -0.3 is 4.90 Å². The fourth-order valence-electron chi connectivity index (χ4n) is 3.02. The Hall–Kier alpha value is -1.82. The summed E-state index contributed by atoms with van der Waals surface area (Å²) in [7, 11) is 1.61. The fraction of sp³-hybridized carbons (Fsp3) is 0.353. The number of anilines is 1. The maximum Gasteiger partial charge on any atom is 0.421 e. The van der Waals surface area contributed by atoms with E-state index < -0.39 is 16.9 Å². The van der Waals surface area contributed by atoms with Crippen molar-refractivity contribution in [1.82, 2.24) is 4.98 Å². The molecular formula is C17H15ClF4N2. The molecule has 1 aromatic heterocycles. The van der Waals surface area contributed by atoms with Gasteiger partial charge in [0.15, 0.2) is 0 Å². The van der Waals surface area contributed by atoms with Crippen molar-refractivity contribution >= 4 is 17.3 Å². The third kappa shape index (κ3) is 3.48. The molecule has 3 rings (SSSR count). The standard InChI is InChI=1S/C17H15ClF4N2/c1-24(14-6-7-23-16(18)15(14)17(20,21)22)9-11-8-13(11)10-2-4-12(19)5-3-10/h2-7,11,13H,8-9H2,1H3. The molecule has 0 N–H and O–H groups in total. The Morgan fingerprint density at radius 2 is 1.88 bits per heavy atom. The maximum atomic E-state index is 13.2. The molecule has 24 heavy (non-hydrogen) atoms. The Kier molecular flexibility index (Phi) is 4.42. The third-order valence-electron chi connectivity index (χ3n) is 4.31. The van der Waals surface area contributed by atoms with Crippen LogP contribution in [0.25, 0.3) is 0 Å². The summed E-state index contributed by atoms with van der Waals surface area (Å²) in [5.74, 6) is 0.183. The van der Waals surface area contributed by atoms with Crippen molar-refractivity contribution in [2.24, 2.45) is 5.92 Å². The van der Waals surface area contributed by atoms with Gasteiger partial charge in [-0.2, -0.15) is 13.2 Å². The first-order valence-corrected chi connectivity index (χ1v) is 7.83. The van der Waals surface area contributed by atoms with Crippen molar-refractivity contribution in [2.75, 3.05) is 18.5 Å². The van der Waals surface area contributed by atoms with Gasteiger partial charge in [-0.25, -0.2) is 9.37 Å². The van der Waals surface area contributed by atoms with Gasteiger partial charge >= 0.3 is 6.18 Å². The summed E-state index contributed by atoms with van der Waals surface area (Å²) < 4.78 is 52.6. The summed E-state index contributed by atoms with van der Waals surface area (Å²) in [6.07, 6.45) is -2.42. The number of benzene rings is 1. The molecule has 1 aliphatic carbocycles. The van der Waals surface area contributed by atoms with E-state index in [1.54, 1.807) is 24.1 Å². The first-order valence-electron chi connectivity index (χ1n) is 7.45. The summed E-state index contributed by atoms with van der Waals surface area (Å²) in [4.78, 5) is 5.10. The normalized spacial score (nSPS) is 20.1. The van der Waals surface area contributed by atoms with Gasteiger partial charge in [0, 0.05) is 19.8 Å². The van der Waals surface area contributed by atoms with E-state index in [2.05, 4.69) is 4.98 Å². The van der Waals surface area contributed by atoms with E-state index in [1.165, 1.54) is 24.4 Å². The Labute approximate surface area is 142 Å². The first kappa shape index (κ1) is 17.0. The molecule has 1 fully saturated rings. The van der Waals surface area contributed by atoms with Crippen LogP contribution < -0.4 is 4.90 Å². The molecule has 0 radical (unpaired) electrons. The van der Waals surface area contributed by atoms with E-state index in [0.717, 1.165) is 12.0 Å². The van der Waals surface area contributed by atoms with E-state index in [4.69, 9.17) is 11.6 Å². The summed E-state index contributed by atoms with van der Waals surface area (Å²) in [6.45, 7) is 0.464. The maximum absolute atomic E-state index is 13.2. The van der Waals surface area contributed by atoms with Crippen LogP contribution in [0, 0.1) is 11.7 Å². The monoisotopic (exact) mass is 358 g/mol. The Morgan fingerprint density at radius 1 is 1.21 bits per heavy atom. The Morgan fingerprint density at radius 3 is 2.50 bits per heavy atom. The lowest BCUT2D eigenvalue weighted by molar-refractivity contribution is -0.137. The third-order valence-corrected chi connectivity index (χ3v) is 4.59. The number of nitrogens with zero attached hydrogens (tertiary/aromatic N) is 2. The quantitative estimate of drug-likeness (QED) is 0.556. The highest BCUT2D eigenvalue weighted by Crippen LogP contribution is 2.49. The zero-order valence-electron chi connectivity index (χ0n) is 12.8. The number of rotatable bonds is 4. The number of halogens is 5. The van der Waals surface area contributed by atoms with Crippen LogP contribution in [0.3, 0.4) is 0 Å². The van der Waals surface area contributed by atoms with Crippen LogP contribution in [0.4, 0.5) is 23.2 Å². The van der Waals surface area contributed by atoms with Crippen molar-refractivity contribution in [3.8, 4) is 0 Å². The van der Waals surface area contributed by atoms with E-state index >= 15 is 0 Å². The largest absolute Gasteiger partial charge is 0.421 e. The second-order valence-corrected chi connectivity index (χ2v) is 6.39. The van der Waals surface area contributed by atoms with Gasteiger partial charge in [-0.1, -0.05) is 23.7 Å². The van der Waals surface area contributed by atoms with E-state index in [1.807, 2.05) is 0 Å². The predicted octanol–water partition coefficient (Wildman–Crippen LogP) is 5.13. The van der Waals surface area contributed by atoms with Crippen LogP contribution in [0.2, 0.25) is 5.15 Å². The number of hydrogen-bond acceptors (Lipinski definition) is 2. The molecule has 1 saturated carbocycles. The van der Waals surface area contributed by atoms with Gasteiger partial charge in [0.05, 0.1) is 5.69 Å². The molecule has 0 aliphatic heterocycles. The van der Waals surface area contributed by atoms with Crippen molar-refractivity contribution < 1.29 is 17.6 Å². The summed E-state index contributed by atoms with van der Waals surface area (Å²) in [5.41, 5.74) is 0.124. The van der Waals surface area contributed by atoms with Gasteiger partial charge in [-0.15, -0.1) is 0 Å². The molecule has 0 saturated heterocycles. The molecule has 2 nitrogen and oxygen atoms in total. The summed E-state index contributed by atoms with van der Waals surface area (Å²) in [5, 5.41) is -0.544. The van der Waals surface area contributed by atoms with Crippen molar-refractivity contribution in [2.45, 2.75) is 18.5 Å². The summed E-state index contributed by atoms with van der Waals surface area (Å²) >= 11 is 5.66. The van der Waals surface area contributed by atoms with Crippen LogP contribution in [-0.4, -0.2) is 18.6 Å². The van der Waals surface area contributed by atoms with Crippen LogP contribution in [0.5, 0.6) is 0 Å². The minimum Gasteiger partial charge on any atom is -0.374 e. The Bertz CT molecular complexity index is 730. The zero-order valence-corrected chi connectivity index (χ0v) is 13.6. The lowest BCUT2D eigenvalue weighted by atomic mass is 10.1. The van der Waals surface area contributed by atoms with Gasteiger partial charge in [0.2, 0.25) is 0 Å². The van der Waals surface area contributed by atoms with Crippen molar-refractivity contribution in [1.29, 1.82) is 0 Å². The average Bonchev–Trinajstić information content (AvgIpc) is 3.25. The number of aromatic nitrogens is 1. The van der Waals surface area contributed by atoms with E-state index in [9.17, 15) is 17.6 Å². The van der Waals surface area contributed by atoms with Gasteiger partial charge in [-0.3, -0.25) is 0 Å². The highest BCUT2D eigenvalue weighted by Gasteiger charge is 2.41. The highest BCUT2D eigenvalue weighted by atomic mass is 35.5. The smallest absolute Gasteiger partial charge is 0.374 e. The molecule has 1 aliphatic rings. The predicted molar refractivity (Wildman–Crippen MR) is 84.8 cm³/mol. The molecule has 2 unspecified atom stereocenters. The van der Waals surface area contributed by atoms with E-state index in [-0.39, 0.29) is 23.3 Å². The van der Waals surface area contributed by atoms with Crippen LogP contribution in [0.15, 0.2) is 36.5 Å². The number of hydrogen-bond donors (Lipinski definition) is 0. The molecule has 128 valence electrons. The second-order valence-electron chi connectivity index (χ2n) is 6.03. The molecule has 0 spiro atoms. The molecule has 7 heteroatoms. The van der Waals surface area contributed by atoms with Crippen molar-refractivity contribution in [3.05, 3.63) is 58.6 Å². The van der Waals surface area contributed by atoms with Crippen LogP contribution in [0.1, 0.15) is 23.5 Å². The van der Waals surface area contributed by atoms with Gasteiger partial charge in [-0.05, 0) is 42.0 Å². The number of alkyl halides is 3. The van der Waals surface area contributed by atoms with E-state index in [0.29, 0.717) is 6.54 Å². The molecule has 1 aromatic carbocycles. The van der Waals surface area contributed by atoms with Crippen molar-refractivity contribution in [3.63, 3.8) is 0 Å². The first-order chi connectivity index (χ1) is 11.3. The molecule has 2 aromatic rings. The molecule has 0 bridgehead atoms. The minimum absolute atomic E-state index is 0.0206. The number of pyridine rings is 1.